The van der Waals surface area contributed by atoms with Crippen molar-refractivity contribution in [3.8, 4) is 11.4 Å². The van der Waals surface area contributed by atoms with Crippen molar-refractivity contribution in [3.05, 3.63) is 65.5 Å². The lowest BCUT2D eigenvalue weighted by Gasteiger charge is -2.19. The summed E-state index contributed by atoms with van der Waals surface area (Å²) in [7, 11) is 0. The molecular weight excluding hydrogens is 396 g/mol. The maximum atomic E-state index is 12.9. The molecule has 5 rings (SSSR count). The number of halogens is 1. The summed E-state index contributed by atoms with van der Waals surface area (Å²) in [6, 6.07) is 14.2. The lowest BCUT2D eigenvalue weighted by atomic mass is 10.1. The molecule has 0 N–H and O–H groups in total. The first-order valence-electron chi connectivity index (χ1n) is 8.81. The van der Waals surface area contributed by atoms with Gasteiger partial charge < -0.3 is 4.52 Å². The van der Waals surface area contributed by atoms with Crippen LogP contribution in [0, 0.1) is 0 Å². The van der Waals surface area contributed by atoms with Crippen molar-refractivity contribution in [2.45, 2.75) is 18.6 Å². The topological polar surface area (TPSA) is 104 Å². The number of rotatable bonds is 4. The standard InChI is InChI=1S/C19H13ClN6O3/c20-13-9-5-4-8-12(13)17-21-14(29-23-17)10-25-16-15(22-24-25)18(27)26(19(16)28)11-6-2-1-3-7-11/h1-9,15-16H,10H2/t15-,16-/m0/s1. The molecule has 1 aromatic heterocycles. The van der Waals surface area contributed by atoms with E-state index in [0.717, 1.165) is 4.90 Å². The highest BCUT2D eigenvalue weighted by Gasteiger charge is 2.55. The summed E-state index contributed by atoms with van der Waals surface area (Å²) in [5.41, 5.74) is 1.14. The average molecular weight is 409 g/mol. The first-order valence-corrected chi connectivity index (χ1v) is 9.19. The Kier molecular flexibility index (Phi) is 4.09. The molecule has 10 heteroatoms. The van der Waals surface area contributed by atoms with Crippen LogP contribution in [-0.2, 0) is 16.1 Å². The Morgan fingerprint density at radius 2 is 1.76 bits per heavy atom. The maximum Gasteiger partial charge on any atom is 0.263 e. The number of imide groups is 1. The second kappa shape index (κ2) is 6.78. The molecule has 3 aromatic rings. The fraction of sp³-hybridized carbons (Fsp3) is 0.158. The van der Waals surface area contributed by atoms with Gasteiger partial charge in [-0.2, -0.15) is 10.1 Å². The van der Waals surface area contributed by atoms with Crippen molar-refractivity contribution in [1.82, 2.24) is 15.1 Å². The van der Waals surface area contributed by atoms with Crippen molar-refractivity contribution in [2.24, 2.45) is 10.3 Å². The number of carbonyl (C=O) groups is 2. The summed E-state index contributed by atoms with van der Waals surface area (Å²) < 4.78 is 5.29. The number of para-hydroxylation sites is 1. The van der Waals surface area contributed by atoms with E-state index in [1.165, 1.54) is 5.01 Å². The van der Waals surface area contributed by atoms with E-state index in [9.17, 15) is 9.59 Å². The molecule has 0 spiro atoms. The van der Waals surface area contributed by atoms with E-state index in [1.54, 1.807) is 42.5 Å². The van der Waals surface area contributed by atoms with Gasteiger partial charge in [0.2, 0.25) is 11.7 Å². The fourth-order valence-corrected chi connectivity index (χ4v) is 3.62. The summed E-state index contributed by atoms with van der Waals surface area (Å²) in [6.07, 6.45) is 0. The van der Waals surface area contributed by atoms with Gasteiger partial charge in [0.25, 0.3) is 11.8 Å². The Bertz CT molecular complexity index is 1130. The molecule has 0 unspecified atom stereocenters. The number of anilines is 1. The van der Waals surface area contributed by atoms with Crippen LogP contribution in [0.15, 0.2) is 69.5 Å². The Morgan fingerprint density at radius 3 is 2.55 bits per heavy atom. The monoisotopic (exact) mass is 408 g/mol. The van der Waals surface area contributed by atoms with Gasteiger partial charge in [0.05, 0.1) is 10.7 Å². The zero-order chi connectivity index (χ0) is 20.0. The highest BCUT2D eigenvalue weighted by molar-refractivity contribution is 6.33. The Balaban J connectivity index is 1.38. The Morgan fingerprint density at radius 1 is 1.00 bits per heavy atom. The quantitative estimate of drug-likeness (QED) is 0.615. The van der Waals surface area contributed by atoms with Crippen molar-refractivity contribution >= 4 is 29.1 Å². The van der Waals surface area contributed by atoms with Crippen LogP contribution in [0.4, 0.5) is 5.69 Å². The summed E-state index contributed by atoms with van der Waals surface area (Å²) in [4.78, 5) is 31.1. The van der Waals surface area contributed by atoms with Gasteiger partial charge in [-0.15, -0.1) is 0 Å². The molecule has 2 aromatic carbocycles. The van der Waals surface area contributed by atoms with Crippen molar-refractivity contribution < 1.29 is 14.1 Å². The third-order valence-corrected chi connectivity index (χ3v) is 5.08. The zero-order valence-corrected chi connectivity index (χ0v) is 15.6. The fourth-order valence-electron chi connectivity index (χ4n) is 3.39. The smallest absolute Gasteiger partial charge is 0.263 e. The summed E-state index contributed by atoms with van der Waals surface area (Å²) >= 11 is 6.17. The van der Waals surface area contributed by atoms with Gasteiger partial charge in [0.1, 0.15) is 6.54 Å². The molecular formula is C19H13ClN6O3. The van der Waals surface area contributed by atoms with E-state index in [1.807, 2.05) is 12.1 Å². The molecule has 0 bridgehead atoms. The number of fused-ring (bicyclic) bond motifs is 1. The lowest BCUT2D eigenvalue weighted by molar-refractivity contribution is -0.123. The average Bonchev–Trinajstić information content (AvgIpc) is 3.42. The third-order valence-electron chi connectivity index (χ3n) is 4.75. The van der Waals surface area contributed by atoms with Crippen LogP contribution >= 0.6 is 11.6 Å². The SMILES string of the molecule is O=C1[C@H]2N=NN(Cc3nc(-c4ccccc4Cl)no3)[C@@H]2C(=O)N1c1ccccc1. The number of amides is 2. The van der Waals surface area contributed by atoms with Gasteiger partial charge in [-0.25, -0.2) is 4.90 Å². The number of nitrogens with zero attached hydrogens (tertiary/aromatic N) is 6. The molecule has 9 nitrogen and oxygen atoms in total. The van der Waals surface area contributed by atoms with Crippen LogP contribution in [0.3, 0.4) is 0 Å². The normalized spacial score (nSPS) is 20.6. The molecule has 144 valence electrons. The van der Waals surface area contributed by atoms with Crippen LogP contribution in [0.1, 0.15) is 5.89 Å². The second-order valence-corrected chi connectivity index (χ2v) is 6.94. The molecule has 0 radical (unpaired) electrons. The lowest BCUT2D eigenvalue weighted by Crippen LogP contribution is -2.39. The predicted molar refractivity (Wildman–Crippen MR) is 102 cm³/mol. The van der Waals surface area contributed by atoms with Gasteiger partial charge in [-0.1, -0.05) is 52.3 Å². The minimum Gasteiger partial charge on any atom is -0.337 e. The Hall–Kier alpha value is -3.59. The second-order valence-electron chi connectivity index (χ2n) is 6.53. The van der Waals surface area contributed by atoms with E-state index in [0.29, 0.717) is 22.1 Å². The number of aromatic nitrogens is 2. The van der Waals surface area contributed by atoms with Gasteiger partial charge in [0, 0.05) is 5.56 Å². The van der Waals surface area contributed by atoms with Crippen molar-refractivity contribution in [2.75, 3.05) is 4.90 Å². The van der Waals surface area contributed by atoms with Crippen LogP contribution < -0.4 is 4.90 Å². The highest BCUT2D eigenvalue weighted by Crippen LogP contribution is 2.33. The number of benzene rings is 2. The number of hydrogen-bond donors (Lipinski definition) is 0. The van der Waals surface area contributed by atoms with E-state index in [4.69, 9.17) is 16.1 Å². The molecule has 1 fully saturated rings. The van der Waals surface area contributed by atoms with E-state index in [-0.39, 0.29) is 18.3 Å². The first-order chi connectivity index (χ1) is 14.1. The minimum absolute atomic E-state index is 0.0454. The van der Waals surface area contributed by atoms with Gasteiger partial charge in [-0.3, -0.25) is 14.6 Å². The summed E-state index contributed by atoms with van der Waals surface area (Å²) in [5, 5.41) is 13.8. The van der Waals surface area contributed by atoms with E-state index < -0.39 is 18.0 Å². The molecule has 0 aliphatic carbocycles. The van der Waals surface area contributed by atoms with Gasteiger partial charge in [0.15, 0.2) is 12.1 Å². The zero-order valence-electron chi connectivity index (χ0n) is 14.8. The minimum atomic E-state index is -0.881. The van der Waals surface area contributed by atoms with E-state index >= 15 is 0 Å². The molecule has 2 atom stereocenters. The molecule has 3 heterocycles. The Labute approximate surface area is 169 Å². The van der Waals surface area contributed by atoms with Gasteiger partial charge >= 0.3 is 0 Å². The van der Waals surface area contributed by atoms with E-state index in [2.05, 4.69) is 20.5 Å². The van der Waals surface area contributed by atoms with Crippen LogP contribution in [-0.4, -0.2) is 39.0 Å². The molecule has 2 aliphatic rings. The number of hydrogen-bond acceptors (Lipinski definition) is 8. The number of carbonyl (C=O) groups excluding carboxylic acids is 2. The first kappa shape index (κ1) is 17.5. The molecule has 1 saturated heterocycles. The highest BCUT2D eigenvalue weighted by atomic mass is 35.5. The predicted octanol–water partition coefficient (Wildman–Crippen LogP) is 2.88. The van der Waals surface area contributed by atoms with Crippen LogP contribution in [0.25, 0.3) is 11.4 Å². The molecule has 29 heavy (non-hydrogen) atoms. The summed E-state index contributed by atoms with van der Waals surface area (Å²) in [5.74, 6) is -0.224. The van der Waals surface area contributed by atoms with Crippen molar-refractivity contribution in [3.63, 3.8) is 0 Å². The molecule has 2 amide bonds. The maximum absolute atomic E-state index is 12.9. The summed E-state index contributed by atoms with van der Waals surface area (Å²) in [6.45, 7) is 0.0454. The largest absolute Gasteiger partial charge is 0.337 e. The van der Waals surface area contributed by atoms with Crippen LogP contribution in [0.5, 0.6) is 0 Å². The molecule has 0 saturated carbocycles. The molecule has 2 aliphatic heterocycles. The van der Waals surface area contributed by atoms with Crippen LogP contribution in [0.2, 0.25) is 5.02 Å². The third kappa shape index (κ3) is 2.87. The van der Waals surface area contributed by atoms with Crippen molar-refractivity contribution in [1.29, 1.82) is 0 Å². The van der Waals surface area contributed by atoms with Gasteiger partial charge in [-0.05, 0) is 24.3 Å².